The molecule has 0 aromatic rings. The third-order valence-electron chi connectivity index (χ3n) is 9.47. The summed E-state index contributed by atoms with van der Waals surface area (Å²) >= 11 is 0. The third kappa shape index (κ3) is 28.5. The van der Waals surface area contributed by atoms with Crippen LogP contribution in [-0.2, 0) is 38.3 Å². The summed E-state index contributed by atoms with van der Waals surface area (Å²) in [6.07, 6.45) is 32.1. The SMILES string of the molecule is CC/C=C\C/C=C\C/C=C\C/C=C\CCCCCCCCCCCCCOCC(COC1OC(CO)C(O)C(OS(=O)(=O)O)C1O)OC(=O)CCCCCCC. The number of unbranched alkanes of at least 4 members (excludes halogenated alkanes) is 15. The number of carbonyl (C=O) groups is 1. The zero-order chi connectivity index (χ0) is 41.1. The molecular weight excluding hydrogens is 741 g/mol. The molecule has 0 radical (unpaired) electrons. The Hall–Kier alpha value is -1.94. The molecule has 6 atom stereocenters. The molecule has 0 spiro atoms. The summed E-state index contributed by atoms with van der Waals surface area (Å²) in [7, 11) is -5.05. The molecule has 0 bridgehead atoms. The number of carbonyl (C=O) groups excluding carboxylic acids is 1. The van der Waals surface area contributed by atoms with Gasteiger partial charge in [-0.3, -0.25) is 9.35 Å². The molecule has 1 rings (SSSR count). The lowest BCUT2D eigenvalue weighted by Crippen LogP contribution is -2.60. The van der Waals surface area contributed by atoms with Crippen LogP contribution in [0.4, 0.5) is 0 Å². The molecule has 1 aliphatic heterocycles. The number of allylic oxidation sites excluding steroid dienone is 8. The van der Waals surface area contributed by atoms with Gasteiger partial charge >= 0.3 is 16.4 Å². The monoisotopic (exact) mass is 817 g/mol. The Morgan fingerprint density at radius 1 is 0.696 bits per heavy atom. The van der Waals surface area contributed by atoms with Crippen LogP contribution in [-0.4, -0.2) is 97.5 Å². The van der Waals surface area contributed by atoms with Gasteiger partial charge in [-0.25, -0.2) is 4.18 Å². The van der Waals surface area contributed by atoms with Crippen LogP contribution in [0.3, 0.4) is 0 Å². The van der Waals surface area contributed by atoms with Crippen molar-refractivity contribution >= 4 is 16.4 Å². The van der Waals surface area contributed by atoms with Gasteiger partial charge in [-0.05, 0) is 51.4 Å². The van der Waals surface area contributed by atoms with Crippen molar-refractivity contribution in [1.82, 2.24) is 0 Å². The minimum atomic E-state index is -5.05. The van der Waals surface area contributed by atoms with Crippen LogP contribution >= 0.6 is 0 Å². The molecule has 6 unspecified atom stereocenters. The van der Waals surface area contributed by atoms with Crippen LogP contribution in [0, 0.1) is 0 Å². The van der Waals surface area contributed by atoms with Crippen molar-refractivity contribution in [2.24, 2.45) is 0 Å². The van der Waals surface area contributed by atoms with Gasteiger partial charge in [0.05, 0.1) is 19.8 Å². The van der Waals surface area contributed by atoms with E-state index in [2.05, 4.69) is 66.6 Å². The topological polar surface area (TPSA) is 178 Å². The summed E-state index contributed by atoms with van der Waals surface area (Å²) in [6, 6.07) is 0. The minimum absolute atomic E-state index is 0.0326. The summed E-state index contributed by atoms with van der Waals surface area (Å²) in [4.78, 5) is 12.6. The standard InChI is InChI=1S/C43H76O12S/c1-3-5-7-9-10-11-12-13-14-15-16-17-18-19-20-21-22-23-24-25-26-27-29-31-33-51-35-37(53-39(45)32-30-28-8-6-4-2)36-52-43-41(47)42(55-56(48,49)50)40(46)38(34-44)54-43/h5,7,10-11,13-14,16-17,37-38,40-44,46-47H,3-4,6,8-9,12,15,18-36H2,1-2H3,(H,48,49,50)/b7-5-,11-10-,14-13-,17-16-. The second kappa shape index (κ2) is 35.0. The summed E-state index contributed by atoms with van der Waals surface area (Å²) in [5.41, 5.74) is 0. The van der Waals surface area contributed by atoms with Gasteiger partial charge in [0.1, 0.15) is 30.5 Å². The van der Waals surface area contributed by atoms with Gasteiger partial charge in [0, 0.05) is 13.0 Å². The highest BCUT2D eigenvalue weighted by molar-refractivity contribution is 7.80. The molecule has 1 heterocycles. The highest BCUT2D eigenvalue weighted by Crippen LogP contribution is 2.26. The molecule has 0 saturated carbocycles. The van der Waals surface area contributed by atoms with Gasteiger partial charge < -0.3 is 34.3 Å². The summed E-state index contributed by atoms with van der Waals surface area (Å²) in [5.74, 6) is -0.415. The molecular formula is C43H76O12S. The van der Waals surface area contributed by atoms with E-state index in [1.54, 1.807) is 0 Å². The molecule has 4 N–H and O–H groups in total. The Bertz CT molecular complexity index is 1170. The van der Waals surface area contributed by atoms with E-state index in [9.17, 15) is 28.5 Å². The van der Waals surface area contributed by atoms with Crippen LogP contribution in [0.1, 0.15) is 155 Å². The zero-order valence-corrected chi connectivity index (χ0v) is 35.2. The summed E-state index contributed by atoms with van der Waals surface area (Å²) < 4.78 is 58.6. The number of rotatable bonds is 36. The van der Waals surface area contributed by atoms with Crippen LogP contribution in [0.5, 0.6) is 0 Å². The second-order valence-corrected chi connectivity index (χ2v) is 15.6. The predicted molar refractivity (Wildman–Crippen MR) is 220 cm³/mol. The van der Waals surface area contributed by atoms with Crippen molar-refractivity contribution in [1.29, 1.82) is 0 Å². The average molecular weight is 817 g/mol. The smallest absolute Gasteiger partial charge is 0.397 e. The van der Waals surface area contributed by atoms with Gasteiger partial charge in [-0.15, -0.1) is 0 Å². The number of esters is 1. The Morgan fingerprint density at radius 2 is 1.23 bits per heavy atom. The van der Waals surface area contributed by atoms with E-state index < -0.39 is 59.8 Å². The van der Waals surface area contributed by atoms with Crippen molar-refractivity contribution < 1.29 is 56.2 Å². The largest absolute Gasteiger partial charge is 0.457 e. The third-order valence-corrected chi connectivity index (χ3v) is 9.93. The van der Waals surface area contributed by atoms with Crippen molar-refractivity contribution in [2.45, 2.75) is 192 Å². The lowest BCUT2D eigenvalue weighted by molar-refractivity contribution is -0.301. The van der Waals surface area contributed by atoms with E-state index in [0.717, 1.165) is 77.0 Å². The first-order valence-corrected chi connectivity index (χ1v) is 22.8. The van der Waals surface area contributed by atoms with Crippen molar-refractivity contribution in [3.05, 3.63) is 48.6 Å². The average Bonchev–Trinajstić information content (AvgIpc) is 3.16. The van der Waals surface area contributed by atoms with Crippen molar-refractivity contribution in [3.8, 4) is 0 Å². The highest BCUT2D eigenvalue weighted by Gasteiger charge is 2.48. The predicted octanol–water partition coefficient (Wildman–Crippen LogP) is 8.41. The summed E-state index contributed by atoms with van der Waals surface area (Å²) in [6.45, 7) is 3.75. The molecule has 1 fully saturated rings. The van der Waals surface area contributed by atoms with E-state index in [1.807, 2.05) is 0 Å². The van der Waals surface area contributed by atoms with Gasteiger partial charge in [0.25, 0.3) is 0 Å². The van der Waals surface area contributed by atoms with Crippen LogP contribution in [0.25, 0.3) is 0 Å². The van der Waals surface area contributed by atoms with E-state index in [4.69, 9.17) is 23.5 Å². The van der Waals surface area contributed by atoms with Gasteiger partial charge in [-0.2, -0.15) is 8.42 Å². The number of aliphatic hydroxyl groups excluding tert-OH is 3. The maximum absolute atomic E-state index is 12.6. The molecule has 1 aliphatic rings. The molecule has 0 aromatic heterocycles. The van der Waals surface area contributed by atoms with E-state index in [0.29, 0.717) is 13.0 Å². The molecule has 56 heavy (non-hydrogen) atoms. The quantitative estimate of drug-likeness (QED) is 0.0206. The Balaban J connectivity index is 2.26. The fraction of sp³-hybridized carbons (Fsp3) is 0.791. The molecule has 326 valence electrons. The molecule has 12 nitrogen and oxygen atoms in total. The van der Waals surface area contributed by atoms with Gasteiger partial charge in [-0.1, -0.05) is 146 Å². The van der Waals surface area contributed by atoms with Gasteiger partial charge in [0.2, 0.25) is 0 Å². The van der Waals surface area contributed by atoms with Crippen molar-refractivity contribution in [3.63, 3.8) is 0 Å². The van der Waals surface area contributed by atoms with Crippen LogP contribution < -0.4 is 0 Å². The number of hydrogen-bond acceptors (Lipinski definition) is 11. The molecule has 1 saturated heterocycles. The highest BCUT2D eigenvalue weighted by atomic mass is 32.3. The molecule has 13 heteroatoms. The maximum Gasteiger partial charge on any atom is 0.397 e. The minimum Gasteiger partial charge on any atom is -0.457 e. The Morgan fingerprint density at radius 3 is 1.80 bits per heavy atom. The first kappa shape index (κ1) is 52.1. The lowest BCUT2D eigenvalue weighted by atomic mass is 9.99. The fourth-order valence-electron chi connectivity index (χ4n) is 6.25. The van der Waals surface area contributed by atoms with Crippen LogP contribution in [0.2, 0.25) is 0 Å². The maximum atomic E-state index is 12.6. The normalized spacial score (nSPS) is 21.3. The number of aliphatic hydroxyl groups is 3. The second-order valence-electron chi connectivity index (χ2n) is 14.6. The van der Waals surface area contributed by atoms with Crippen molar-refractivity contribution in [2.75, 3.05) is 26.4 Å². The first-order chi connectivity index (χ1) is 27.1. The van der Waals surface area contributed by atoms with E-state index >= 15 is 0 Å². The lowest BCUT2D eigenvalue weighted by Gasteiger charge is -2.41. The Labute approximate surface area is 338 Å². The Kier molecular flexibility index (Phi) is 32.6. The number of hydrogen-bond donors (Lipinski definition) is 4. The van der Waals surface area contributed by atoms with E-state index in [1.165, 1.54) is 51.4 Å². The summed E-state index contributed by atoms with van der Waals surface area (Å²) in [5, 5.41) is 30.5. The zero-order valence-electron chi connectivity index (χ0n) is 34.4. The first-order valence-electron chi connectivity index (χ1n) is 21.4. The molecule has 0 amide bonds. The van der Waals surface area contributed by atoms with Gasteiger partial charge in [0.15, 0.2) is 6.29 Å². The molecule has 0 aliphatic carbocycles. The fourth-order valence-corrected chi connectivity index (χ4v) is 6.76. The van der Waals surface area contributed by atoms with Crippen LogP contribution in [0.15, 0.2) is 48.6 Å². The number of ether oxygens (including phenoxy) is 4. The van der Waals surface area contributed by atoms with E-state index in [-0.39, 0.29) is 19.6 Å². The molecule has 0 aromatic carbocycles.